The van der Waals surface area contributed by atoms with Crippen molar-refractivity contribution in [1.82, 2.24) is 9.97 Å². The van der Waals surface area contributed by atoms with Gasteiger partial charge in [-0.3, -0.25) is 0 Å². The van der Waals surface area contributed by atoms with Gasteiger partial charge in [-0.1, -0.05) is 11.6 Å². The number of benzene rings is 1. The van der Waals surface area contributed by atoms with E-state index in [1.807, 2.05) is 19.9 Å². The Kier molecular flexibility index (Phi) is 4.12. The summed E-state index contributed by atoms with van der Waals surface area (Å²) in [7, 11) is 1.59. The maximum absolute atomic E-state index is 6.07. The fourth-order valence-corrected chi connectivity index (χ4v) is 1.89. The second-order valence-corrected chi connectivity index (χ2v) is 4.84. The van der Waals surface area contributed by atoms with E-state index in [1.165, 1.54) is 0 Å². The highest BCUT2D eigenvalue weighted by Gasteiger charge is 2.10. The number of halogens is 2. The SMILES string of the molecule is COc1cc(Cl)c(C)cc1Nc1nc(Cl)ncc1C. The Bertz CT molecular complexity index is 617. The highest BCUT2D eigenvalue weighted by molar-refractivity contribution is 6.31. The molecule has 1 aromatic carbocycles. The van der Waals surface area contributed by atoms with E-state index in [0.29, 0.717) is 16.6 Å². The van der Waals surface area contributed by atoms with E-state index < -0.39 is 0 Å². The molecule has 0 aliphatic carbocycles. The molecule has 100 valence electrons. The summed E-state index contributed by atoms with van der Waals surface area (Å²) in [6, 6.07) is 3.66. The third-order valence-electron chi connectivity index (χ3n) is 2.68. The molecule has 2 aromatic rings. The molecule has 0 saturated heterocycles. The van der Waals surface area contributed by atoms with E-state index >= 15 is 0 Å². The van der Waals surface area contributed by atoms with E-state index in [0.717, 1.165) is 16.8 Å². The van der Waals surface area contributed by atoms with Crippen LogP contribution < -0.4 is 10.1 Å². The van der Waals surface area contributed by atoms with Gasteiger partial charge in [-0.15, -0.1) is 0 Å². The van der Waals surface area contributed by atoms with Crippen LogP contribution in [0.4, 0.5) is 11.5 Å². The van der Waals surface area contributed by atoms with Gasteiger partial charge in [0.05, 0.1) is 12.8 Å². The topological polar surface area (TPSA) is 47.0 Å². The second-order valence-electron chi connectivity index (χ2n) is 4.10. The minimum absolute atomic E-state index is 0.192. The summed E-state index contributed by atoms with van der Waals surface area (Å²) >= 11 is 11.9. The molecule has 0 aliphatic rings. The summed E-state index contributed by atoms with van der Waals surface area (Å²) in [6.45, 7) is 3.82. The number of hydrogen-bond acceptors (Lipinski definition) is 4. The Balaban J connectivity index is 2.42. The predicted molar refractivity (Wildman–Crippen MR) is 77.8 cm³/mol. The van der Waals surface area contributed by atoms with E-state index in [9.17, 15) is 0 Å². The van der Waals surface area contributed by atoms with Crippen LogP contribution in [0.5, 0.6) is 5.75 Å². The normalized spacial score (nSPS) is 10.4. The average molecular weight is 298 g/mol. The first kappa shape index (κ1) is 13.9. The van der Waals surface area contributed by atoms with Crippen LogP contribution >= 0.6 is 23.2 Å². The van der Waals surface area contributed by atoms with Gasteiger partial charge in [0, 0.05) is 22.8 Å². The molecule has 19 heavy (non-hydrogen) atoms. The zero-order valence-corrected chi connectivity index (χ0v) is 12.3. The quantitative estimate of drug-likeness (QED) is 0.865. The smallest absolute Gasteiger partial charge is 0.224 e. The minimum atomic E-state index is 0.192. The number of aryl methyl sites for hydroxylation is 2. The molecule has 0 radical (unpaired) electrons. The van der Waals surface area contributed by atoms with E-state index in [1.54, 1.807) is 19.4 Å². The number of rotatable bonds is 3. The Hall–Kier alpha value is -1.52. The number of aromatic nitrogens is 2. The van der Waals surface area contributed by atoms with Crippen molar-refractivity contribution in [2.75, 3.05) is 12.4 Å². The maximum Gasteiger partial charge on any atom is 0.224 e. The fraction of sp³-hybridized carbons (Fsp3) is 0.231. The van der Waals surface area contributed by atoms with Crippen molar-refractivity contribution >= 4 is 34.7 Å². The van der Waals surface area contributed by atoms with Crippen molar-refractivity contribution in [2.24, 2.45) is 0 Å². The van der Waals surface area contributed by atoms with Crippen molar-refractivity contribution in [3.05, 3.63) is 39.8 Å². The first-order chi connectivity index (χ1) is 9.01. The fourth-order valence-electron chi connectivity index (χ4n) is 1.60. The highest BCUT2D eigenvalue weighted by atomic mass is 35.5. The first-order valence-corrected chi connectivity index (χ1v) is 6.37. The maximum atomic E-state index is 6.07. The number of anilines is 2. The molecule has 0 bridgehead atoms. The predicted octanol–water partition coefficient (Wildman–Crippen LogP) is 4.15. The van der Waals surface area contributed by atoms with Crippen molar-refractivity contribution in [2.45, 2.75) is 13.8 Å². The Morgan fingerprint density at radius 1 is 1.16 bits per heavy atom. The molecular formula is C13H13Cl2N3O. The van der Waals surface area contributed by atoms with E-state index in [2.05, 4.69) is 15.3 Å². The van der Waals surface area contributed by atoms with Gasteiger partial charge in [-0.05, 0) is 37.1 Å². The van der Waals surface area contributed by atoms with Gasteiger partial charge >= 0.3 is 0 Å². The van der Waals surface area contributed by atoms with Crippen LogP contribution in [0.2, 0.25) is 10.3 Å². The summed E-state index contributed by atoms with van der Waals surface area (Å²) < 4.78 is 5.30. The van der Waals surface area contributed by atoms with Crippen LogP contribution in [0.3, 0.4) is 0 Å². The molecular weight excluding hydrogens is 285 g/mol. The third kappa shape index (κ3) is 3.08. The van der Waals surface area contributed by atoms with Crippen LogP contribution in [0.25, 0.3) is 0 Å². The summed E-state index contributed by atoms with van der Waals surface area (Å²) in [6.07, 6.45) is 1.66. The number of nitrogens with one attached hydrogen (secondary N) is 1. The first-order valence-electron chi connectivity index (χ1n) is 5.61. The molecule has 6 heteroatoms. The van der Waals surface area contributed by atoms with Crippen LogP contribution in [-0.2, 0) is 0 Å². The molecule has 1 aromatic heterocycles. The average Bonchev–Trinajstić information content (AvgIpc) is 2.38. The monoisotopic (exact) mass is 297 g/mol. The summed E-state index contributed by atoms with van der Waals surface area (Å²) in [5.74, 6) is 1.28. The molecule has 1 N–H and O–H groups in total. The zero-order chi connectivity index (χ0) is 14.0. The van der Waals surface area contributed by atoms with E-state index in [-0.39, 0.29) is 5.28 Å². The largest absolute Gasteiger partial charge is 0.495 e. The van der Waals surface area contributed by atoms with Crippen molar-refractivity contribution < 1.29 is 4.74 Å². The lowest BCUT2D eigenvalue weighted by Crippen LogP contribution is -2.00. The van der Waals surface area contributed by atoms with Crippen molar-refractivity contribution in [3.8, 4) is 5.75 Å². The summed E-state index contributed by atoms with van der Waals surface area (Å²) in [5, 5.41) is 4.03. The van der Waals surface area contributed by atoms with Gasteiger partial charge in [0.1, 0.15) is 11.6 Å². The zero-order valence-electron chi connectivity index (χ0n) is 10.8. The number of ether oxygens (including phenoxy) is 1. The van der Waals surface area contributed by atoms with Gasteiger partial charge < -0.3 is 10.1 Å². The lowest BCUT2D eigenvalue weighted by Gasteiger charge is -2.13. The lowest BCUT2D eigenvalue weighted by molar-refractivity contribution is 0.416. The molecule has 0 amide bonds. The molecule has 0 saturated carbocycles. The van der Waals surface area contributed by atoms with Gasteiger partial charge in [0.25, 0.3) is 0 Å². The van der Waals surface area contributed by atoms with Gasteiger partial charge in [-0.25, -0.2) is 9.97 Å². The summed E-state index contributed by atoms with van der Waals surface area (Å²) in [5.41, 5.74) is 2.61. The number of hydrogen-bond donors (Lipinski definition) is 1. The van der Waals surface area contributed by atoms with Crippen LogP contribution in [0.15, 0.2) is 18.3 Å². The highest BCUT2D eigenvalue weighted by Crippen LogP contribution is 2.33. The Labute approximate surface area is 121 Å². The van der Waals surface area contributed by atoms with Crippen LogP contribution in [0, 0.1) is 13.8 Å². The molecule has 2 rings (SSSR count). The molecule has 0 aliphatic heterocycles. The molecule has 0 atom stereocenters. The Morgan fingerprint density at radius 2 is 1.89 bits per heavy atom. The standard InChI is InChI=1S/C13H13Cl2N3O/c1-7-4-10(11(19-3)5-9(7)14)17-12-8(2)6-16-13(15)18-12/h4-6H,1-3H3,(H,16,17,18). The van der Waals surface area contributed by atoms with Crippen molar-refractivity contribution in [1.29, 1.82) is 0 Å². The third-order valence-corrected chi connectivity index (χ3v) is 3.27. The van der Waals surface area contributed by atoms with E-state index in [4.69, 9.17) is 27.9 Å². The molecule has 0 fully saturated rings. The Morgan fingerprint density at radius 3 is 2.58 bits per heavy atom. The molecule has 0 spiro atoms. The number of methoxy groups -OCH3 is 1. The van der Waals surface area contributed by atoms with Crippen molar-refractivity contribution in [3.63, 3.8) is 0 Å². The molecule has 1 heterocycles. The minimum Gasteiger partial charge on any atom is -0.495 e. The molecule has 4 nitrogen and oxygen atoms in total. The lowest BCUT2D eigenvalue weighted by atomic mass is 10.2. The van der Waals surface area contributed by atoms with Crippen LogP contribution in [-0.4, -0.2) is 17.1 Å². The summed E-state index contributed by atoms with van der Waals surface area (Å²) in [4.78, 5) is 8.07. The molecule has 0 unspecified atom stereocenters. The van der Waals surface area contributed by atoms with Gasteiger partial charge in [-0.2, -0.15) is 0 Å². The van der Waals surface area contributed by atoms with Crippen LogP contribution in [0.1, 0.15) is 11.1 Å². The second kappa shape index (κ2) is 5.63. The number of nitrogens with zero attached hydrogens (tertiary/aromatic N) is 2. The van der Waals surface area contributed by atoms with Gasteiger partial charge in [0.15, 0.2) is 0 Å². The van der Waals surface area contributed by atoms with Gasteiger partial charge in [0.2, 0.25) is 5.28 Å².